The van der Waals surface area contributed by atoms with Gasteiger partial charge >= 0.3 is 0 Å². The summed E-state index contributed by atoms with van der Waals surface area (Å²) in [5.74, 6) is -2.88. The van der Waals surface area contributed by atoms with Crippen molar-refractivity contribution in [2.75, 3.05) is 0 Å². The van der Waals surface area contributed by atoms with E-state index < -0.39 is 5.92 Å². The average Bonchev–Trinajstić information content (AvgIpc) is 3.49. The van der Waals surface area contributed by atoms with E-state index in [0.29, 0.717) is 12.1 Å². The zero-order valence-electron chi connectivity index (χ0n) is 19.1. The van der Waals surface area contributed by atoms with E-state index in [1.165, 1.54) is 0 Å². The largest absolute Gasteiger partial charge is 0.455 e. The highest BCUT2D eigenvalue weighted by atomic mass is 19.3. The summed E-state index contributed by atoms with van der Waals surface area (Å²) in [4.78, 5) is 4.94. The predicted octanol–water partition coefficient (Wildman–Crippen LogP) is 8.43. The Morgan fingerprint density at radius 3 is 2.70 bits per heavy atom. The van der Waals surface area contributed by atoms with Crippen LogP contribution in [0.5, 0.6) is 0 Å². The van der Waals surface area contributed by atoms with Crippen LogP contribution in [-0.4, -0.2) is 11.6 Å². The van der Waals surface area contributed by atoms with Crippen LogP contribution >= 0.6 is 0 Å². The smallest absolute Gasteiger partial charge is 0.248 e. The Morgan fingerprint density at radius 1 is 1.00 bits per heavy atom. The first-order valence-corrected chi connectivity index (χ1v) is 11.3. The maximum Gasteiger partial charge on any atom is 0.248 e. The van der Waals surface area contributed by atoms with E-state index in [4.69, 9.17) is 10.8 Å². The van der Waals surface area contributed by atoms with E-state index in [1.54, 1.807) is 6.07 Å². The average molecular weight is 438 g/mol. The maximum absolute atomic E-state index is 14.0. The normalized spacial score (nSPS) is 19.5. The number of para-hydroxylation sites is 1. The van der Waals surface area contributed by atoms with Gasteiger partial charge in [-0.15, -0.1) is 0 Å². The topological polar surface area (TPSA) is 25.5 Å². The molecule has 0 amide bonds. The van der Waals surface area contributed by atoms with Crippen LogP contribution in [0.25, 0.3) is 32.7 Å². The molecule has 7 rings (SSSR count). The molecule has 2 nitrogen and oxygen atoms in total. The fourth-order valence-electron chi connectivity index (χ4n) is 5.71. The molecule has 1 fully saturated rings. The zero-order valence-corrected chi connectivity index (χ0v) is 18.1. The molecule has 0 spiro atoms. The van der Waals surface area contributed by atoms with Gasteiger partial charge in [-0.1, -0.05) is 42.5 Å². The van der Waals surface area contributed by atoms with Crippen molar-refractivity contribution < 1.29 is 14.6 Å². The summed E-state index contributed by atoms with van der Waals surface area (Å²) >= 11 is 0. The Kier molecular flexibility index (Phi) is 3.54. The van der Waals surface area contributed by atoms with Crippen LogP contribution in [0.4, 0.5) is 14.5 Å². The van der Waals surface area contributed by atoms with E-state index in [9.17, 15) is 8.78 Å². The molecule has 33 heavy (non-hydrogen) atoms. The molecule has 162 valence electrons. The van der Waals surface area contributed by atoms with Gasteiger partial charge in [0.25, 0.3) is 0 Å². The molecule has 0 bridgehead atoms. The first kappa shape index (κ1) is 18.0. The van der Waals surface area contributed by atoms with Crippen molar-refractivity contribution in [2.24, 2.45) is 4.99 Å². The Morgan fingerprint density at radius 2 is 1.85 bits per heavy atom. The molecule has 1 aliphatic carbocycles. The quantitative estimate of drug-likeness (QED) is 0.266. The summed E-state index contributed by atoms with van der Waals surface area (Å²) < 4.78 is 43.1. The van der Waals surface area contributed by atoms with E-state index in [-0.39, 0.29) is 24.8 Å². The highest BCUT2D eigenvalue weighted by molar-refractivity contribution is 6.30. The molecule has 1 saturated carbocycles. The first-order chi connectivity index (χ1) is 16.4. The molecule has 2 aliphatic rings. The third kappa shape index (κ3) is 2.73. The summed E-state index contributed by atoms with van der Waals surface area (Å²) in [6.07, 6.45) is 0.190. The number of hydrogen-bond acceptors (Lipinski definition) is 2. The van der Waals surface area contributed by atoms with Crippen molar-refractivity contribution >= 4 is 44.1 Å². The van der Waals surface area contributed by atoms with Gasteiger partial charge in [-0.05, 0) is 60.0 Å². The maximum atomic E-state index is 14.0. The van der Waals surface area contributed by atoms with Gasteiger partial charge in [0, 0.05) is 40.1 Å². The minimum Gasteiger partial charge on any atom is -0.455 e. The fourth-order valence-corrected chi connectivity index (χ4v) is 5.71. The van der Waals surface area contributed by atoms with Gasteiger partial charge in [0.05, 0.1) is 12.8 Å². The molecule has 4 aromatic carbocycles. The highest BCUT2D eigenvalue weighted by Gasteiger charge is 2.40. The standard InChI is InChI=1S/C29H21F2NO/c1-16-13-22-19-5-2-3-8-25(19)33-28(22)23(14-16)27-21-7-4-6-20-18(9-10-24(32-27)26(20)21)17-11-12-29(30,31)15-17/h2-10,13-14,17H,11-12,15H2,1H3/i10D. The van der Waals surface area contributed by atoms with Gasteiger partial charge in [0.1, 0.15) is 11.2 Å². The first-order valence-electron chi connectivity index (χ1n) is 11.8. The Bertz CT molecular complexity index is 1700. The van der Waals surface area contributed by atoms with Crippen molar-refractivity contribution in [3.05, 3.63) is 89.0 Å². The third-order valence-corrected chi connectivity index (χ3v) is 7.18. The van der Waals surface area contributed by atoms with Gasteiger partial charge in [-0.3, -0.25) is 0 Å². The van der Waals surface area contributed by atoms with Crippen LogP contribution in [0.2, 0.25) is 0 Å². The second-order valence-corrected chi connectivity index (χ2v) is 9.36. The highest BCUT2D eigenvalue weighted by Crippen LogP contribution is 2.48. The Labute approximate surface area is 191 Å². The molecule has 1 aromatic heterocycles. The molecule has 4 heteroatoms. The summed E-state index contributed by atoms with van der Waals surface area (Å²) in [5.41, 5.74) is 6.75. The lowest BCUT2D eigenvalue weighted by Gasteiger charge is -2.15. The summed E-state index contributed by atoms with van der Waals surface area (Å²) in [7, 11) is 0. The molecule has 1 atom stereocenters. The van der Waals surface area contributed by atoms with E-state index in [2.05, 4.69) is 25.1 Å². The number of fused-ring (bicyclic) bond motifs is 3. The molecule has 1 aliphatic heterocycles. The van der Waals surface area contributed by atoms with Gasteiger partial charge in [0.15, 0.2) is 0 Å². The van der Waals surface area contributed by atoms with Crippen LogP contribution in [0, 0.1) is 6.92 Å². The third-order valence-electron chi connectivity index (χ3n) is 7.18. The number of aryl methyl sites for hydroxylation is 1. The predicted molar refractivity (Wildman–Crippen MR) is 129 cm³/mol. The lowest BCUT2D eigenvalue weighted by molar-refractivity contribution is 0.00780. The number of rotatable bonds is 2. The molecule has 2 heterocycles. The Hall–Kier alpha value is -3.53. The molecule has 1 unspecified atom stereocenters. The van der Waals surface area contributed by atoms with Gasteiger partial charge in [-0.2, -0.15) is 0 Å². The molecule has 5 aromatic rings. The monoisotopic (exact) mass is 438 g/mol. The van der Waals surface area contributed by atoms with Crippen molar-refractivity contribution in [3.63, 3.8) is 0 Å². The number of halogens is 2. The van der Waals surface area contributed by atoms with Crippen molar-refractivity contribution in [1.29, 1.82) is 0 Å². The van der Waals surface area contributed by atoms with E-state index in [1.807, 2.05) is 36.4 Å². The second kappa shape index (κ2) is 6.50. The number of furan rings is 1. The van der Waals surface area contributed by atoms with Crippen LogP contribution in [0.15, 0.2) is 76.1 Å². The number of aliphatic imine (C=N–C) groups is 1. The van der Waals surface area contributed by atoms with Gasteiger partial charge < -0.3 is 4.42 Å². The zero-order chi connectivity index (χ0) is 23.2. The summed E-state index contributed by atoms with van der Waals surface area (Å²) in [6, 6.07) is 20.2. The number of alkyl halides is 2. The van der Waals surface area contributed by atoms with E-state index >= 15 is 0 Å². The number of nitrogens with zero attached hydrogens (tertiary/aromatic N) is 1. The van der Waals surface area contributed by atoms with Crippen LogP contribution in [0.1, 0.15) is 48.8 Å². The molecule has 0 N–H and O–H groups in total. The fraction of sp³-hybridized carbons (Fsp3) is 0.207. The van der Waals surface area contributed by atoms with Crippen LogP contribution < -0.4 is 0 Å². The summed E-state index contributed by atoms with van der Waals surface area (Å²) in [6.45, 7) is 2.06. The van der Waals surface area contributed by atoms with Crippen molar-refractivity contribution in [3.8, 4) is 0 Å². The lowest BCUT2D eigenvalue weighted by Crippen LogP contribution is -2.09. The van der Waals surface area contributed by atoms with Gasteiger partial charge in [-0.25, -0.2) is 13.8 Å². The van der Waals surface area contributed by atoms with Gasteiger partial charge in [0.2, 0.25) is 5.92 Å². The number of benzene rings is 4. The van der Waals surface area contributed by atoms with Crippen LogP contribution in [0.3, 0.4) is 0 Å². The van der Waals surface area contributed by atoms with E-state index in [0.717, 1.165) is 60.7 Å². The lowest BCUT2D eigenvalue weighted by atomic mass is 9.89. The Balaban J connectivity index is 1.48. The molecular weight excluding hydrogens is 416 g/mol. The summed E-state index contributed by atoms with van der Waals surface area (Å²) in [5, 5.41) is 3.92. The molecule has 0 radical (unpaired) electrons. The number of hydrogen-bond donors (Lipinski definition) is 0. The van der Waals surface area contributed by atoms with Crippen molar-refractivity contribution in [1.82, 2.24) is 0 Å². The minimum atomic E-state index is -2.63. The minimum absolute atomic E-state index is 0.0942. The second-order valence-electron chi connectivity index (χ2n) is 9.36. The van der Waals surface area contributed by atoms with Crippen LogP contribution in [-0.2, 0) is 0 Å². The SMILES string of the molecule is [2H]c1cc(C2CCC(F)(F)C2)c2cccc3c2c1N=C3c1cc(C)cc2c1oc1ccccc12. The molecular formula is C29H21F2NO. The molecule has 0 saturated heterocycles. The van der Waals surface area contributed by atoms with Crippen molar-refractivity contribution in [2.45, 2.75) is 38.0 Å².